The number of rotatable bonds is 9. The van der Waals surface area contributed by atoms with Crippen molar-refractivity contribution >= 4 is 18.1 Å². The van der Waals surface area contributed by atoms with Crippen molar-refractivity contribution in [2.24, 2.45) is 0 Å². The molecular formula is C40H41F4NO3. The van der Waals surface area contributed by atoms with Crippen LogP contribution in [0.3, 0.4) is 0 Å². The third kappa shape index (κ3) is 8.92. The first-order chi connectivity index (χ1) is 22.8. The third-order valence-corrected chi connectivity index (χ3v) is 8.41. The summed E-state index contributed by atoms with van der Waals surface area (Å²) >= 11 is 0. The summed E-state index contributed by atoms with van der Waals surface area (Å²) in [5, 5.41) is 0. The molecule has 0 spiro atoms. The van der Waals surface area contributed by atoms with Crippen LogP contribution >= 0.6 is 0 Å². The van der Waals surface area contributed by atoms with Crippen molar-refractivity contribution in [3.63, 3.8) is 0 Å². The summed E-state index contributed by atoms with van der Waals surface area (Å²) in [7, 11) is 0. The first-order valence-corrected chi connectivity index (χ1v) is 16.2. The average molecular weight is 660 g/mol. The minimum Gasteiger partial charge on any atom is -0.489 e. The van der Waals surface area contributed by atoms with Gasteiger partial charge in [0.15, 0.2) is 0 Å². The molecule has 1 atom stereocenters. The molecule has 0 N–H and O–H groups in total. The second-order valence-electron chi connectivity index (χ2n) is 13.2. The highest BCUT2D eigenvalue weighted by atomic mass is 19.4. The van der Waals surface area contributed by atoms with Crippen LogP contribution in [-0.2, 0) is 28.9 Å². The Labute approximate surface area is 280 Å². The third-order valence-electron chi connectivity index (χ3n) is 8.41. The van der Waals surface area contributed by atoms with Gasteiger partial charge in [0.25, 0.3) is 0 Å². The zero-order valence-electron chi connectivity index (χ0n) is 27.7. The van der Waals surface area contributed by atoms with Crippen LogP contribution in [0.5, 0.6) is 5.75 Å². The van der Waals surface area contributed by atoms with E-state index in [2.05, 4.69) is 0 Å². The number of hydrogen-bond donors (Lipinski definition) is 0. The normalized spacial score (nSPS) is 15.9. The Bertz CT molecular complexity index is 1740. The fraction of sp³-hybridized carbons (Fsp3) is 0.325. The van der Waals surface area contributed by atoms with Crippen LogP contribution in [0.4, 0.5) is 17.6 Å². The van der Waals surface area contributed by atoms with E-state index in [4.69, 9.17) is 9.47 Å². The lowest BCUT2D eigenvalue weighted by Gasteiger charge is -2.36. The zero-order valence-corrected chi connectivity index (χ0v) is 27.7. The maximum atomic E-state index is 14.7. The second kappa shape index (κ2) is 14.8. The largest absolute Gasteiger partial charge is 0.489 e. The van der Waals surface area contributed by atoms with Crippen LogP contribution in [0.25, 0.3) is 23.3 Å². The van der Waals surface area contributed by atoms with Gasteiger partial charge in [-0.25, -0.2) is 4.39 Å². The van der Waals surface area contributed by atoms with Gasteiger partial charge in [-0.05, 0) is 105 Å². The quantitative estimate of drug-likeness (QED) is 0.102. The van der Waals surface area contributed by atoms with Gasteiger partial charge in [0.05, 0.1) is 5.56 Å². The topological polar surface area (TPSA) is 38.8 Å². The molecule has 1 saturated heterocycles. The number of likely N-dealkylation sites (tertiary alicyclic amines) is 1. The van der Waals surface area contributed by atoms with E-state index in [0.717, 1.165) is 41.2 Å². The molecule has 0 saturated carbocycles. The minimum atomic E-state index is -4.66. The number of halogens is 4. The number of hydrogen-bond acceptors (Lipinski definition) is 4. The molecule has 4 aromatic rings. The lowest BCUT2D eigenvalue weighted by molar-refractivity contribution is -0.163. The summed E-state index contributed by atoms with van der Waals surface area (Å²) in [5.41, 5.74) is 3.17. The standard InChI is InChI=1S/C40H41F4NO3/c1-27-29(13-10-14-34(27)30-11-6-5-7-12-30)18-19-31-24-37(47-26-28-16-20-33(41)21-17-28)32(23-35(31)40(42,43)44)25-45-22-9-8-15-36(45)38(46)48-39(2,3)4/h5-7,10-14,16-21,23-24,36H,8-9,15,22,25-26H2,1-4H3/b19-18+/t36-/m0/s1. The number of esters is 1. The van der Waals surface area contributed by atoms with E-state index in [1.165, 1.54) is 24.3 Å². The van der Waals surface area contributed by atoms with Gasteiger partial charge in [-0.3, -0.25) is 9.69 Å². The van der Waals surface area contributed by atoms with Gasteiger partial charge in [0.1, 0.15) is 29.8 Å². The van der Waals surface area contributed by atoms with E-state index in [1.807, 2.05) is 60.4 Å². The van der Waals surface area contributed by atoms with Crippen molar-refractivity contribution in [2.75, 3.05) is 6.54 Å². The molecule has 1 fully saturated rings. The van der Waals surface area contributed by atoms with Crippen molar-refractivity contribution in [1.82, 2.24) is 4.90 Å². The molecule has 1 aliphatic rings. The molecule has 5 rings (SSSR count). The Morgan fingerprint density at radius 1 is 0.896 bits per heavy atom. The molecule has 0 radical (unpaired) electrons. The predicted molar refractivity (Wildman–Crippen MR) is 182 cm³/mol. The lowest BCUT2D eigenvalue weighted by atomic mass is 9.95. The molecule has 48 heavy (non-hydrogen) atoms. The van der Waals surface area contributed by atoms with E-state index in [9.17, 15) is 22.4 Å². The highest BCUT2D eigenvalue weighted by Gasteiger charge is 2.36. The van der Waals surface area contributed by atoms with Crippen LogP contribution in [0.2, 0.25) is 0 Å². The monoisotopic (exact) mass is 659 g/mol. The molecule has 1 aliphatic heterocycles. The van der Waals surface area contributed by atoms with Crippen molar-refractivity contribution < 1.29 is 31.8 Å². The van der Waals surface area contributed by atoms with Crippen LogP contribution < -0.4 is 4.74 Å². The highest BCUT2D eigenvalue weighted by molar-refractivity contribution is 5.79. The summed E-state index contributed by atoms with van der Waals surface area (Å²) in [6, 6.07) is 23.3. The van der Waals surface area contributed by atoms with Gasteiger partial charge in [-0.15, -0.1) is 0 Å². The number of carbonyl (C=O) groups is 1. The molecule has 0 amide bonds. The molecular weight excluding hydrogens is 618 g/mol. The van der Waals surface area contributed by atoms with Crippen LogP contribution in [-0.4, -0.2) is 29.1 Å². The molecule has 0 aliphatic carbocycles. The number of piperidine rings is 1. The van der Waals surface area contributed by atoms with Crippen molar-refractivity contribution in [3.8, 4) is 16.9 Å². The Morgan fingerprint density at radius 3 is 2.29 bits per heavy atom. The molecule has 0 unspecified atom stereocenters. The number of nitrogens with zero attached hydrogens (tertiary/aromatic N) is 1. The fourth-order valence-corrected chi connectivity index (χ4v) is 6.00. The average Bonchev–Trinajstić information content (AvgIpc) is 3.04. The van der Waals surface area contributed by atoms with Crippen molar-refractivity contribution in [2.45, 2.75) is 77.9 Å². The van der Waals surface area contributed by atoms with Gasteiger partial charge >= 0.3 is 12.1 Å². The summed E-state index contributed by atoms with van der Waals surface area (Å²) in [6.07, 6.45) is 0.681. The Kier molecular flexibility index (Phi) is 10.7. The molecule has 1 heterocycles. The Balaban J connectivity index is 1.54. The van der Waals surface area contributed by atoms with Crippen molar-refractivity contribution in [1.29, 1.82) is 0 Å². The maximum absolute atomic E-state index is 14.7. The van der Waals surface area contributed by atoms with E-state index in [1.54, 1.807) is 39.0 Å². The minimum absolute atomic E-state index is 0.0233. The SMILES string of the molecule is Cc1c(/C=C/c2cc(OCc3ccc(F)cc3)c(CN3CCCC[C@H]3C(=O)OC(C)(C)C)cc2C(F)(F)F)cccc1-c1ccccc1. The second-order valence-corrected chi connectivity index (χ2v) is 13.2. The van der Waals surface area contributed by atoms with E-state index >= 15 is 0 Å². The predicted octanol–water partition coefficient (Wildman–Crippen LogP) is 10.3. The molecule has 0 bridgehead atoms. The molecule has 252 valence electrons. The maximum Gasteiger partial charge on any atom is 0.417 e. The highest BCUT2D eigenvalue weighted by Crippen LogP contribution is 2.39. The van der Waals surface area contributed by atoms with E-state index < -0.39 is 29.2 Å². The zero-order chi connectivity index (χ0) is 34.5. The molecule has 8 heteroatoms. The molecule has 0 aromatic heterocycles. The van der Waals surface area contributed by atoms with Crippen molar-refractivity contribution in [3.05, 3.63) is 124 Å². The van der Waals surface area contributed by atoms with Gasteiger partial charge in [0, 0.05) is 12.1 Å². The van der Waals surface area contributed by atoms with Gasteiger partial charge in [0.2, 0.25) is 0 Å². The summed E-state index contributed by atoms with van der Waals surface area (Å²) in [6.45, 7) is 7.94. The number of benzene rings is 4. The summed E-state index contributed by atoms with van der Waals surface area (Å²) in [5.74, 6) is -0.527. The fourth-order valence-electron chi connectivity index (χ4n) is 6.00. The lowest BCUT2D eigenvalue weighted by Crippen LogP contribution is -2.46. The van der Waals surface area contributed by atoms with E-state index in [0.29, 0.717) is 24.1 Å². The Hall–Kier alpha value is -4.43. The van der Waals surface area contributed by atoms with Crippen LogP contribution in [0.15, 0.2) is 84.9 Å². The molecule has 4 aromatic carbocycles. The number of ether oxygens (including phenoxy) is 2. The van der Waals surface area contributed by atoms with Crippen LogP contribution in [0.1, 0.15) is 73.4 Å². The van der Waals surface area contributed by atoms with Crippen LogP contribution in [0, 0.1) is 12.7 Å². The van der Waals surface area contributed by atoms with E-state index in [-0.39, 0.29) is 30.4 Å². The smallest absolute Gasteiger partial charge is 0.417 e. The number of carbonyl (C=O) groups excluding carboxylic acids is 1. The van der Waals surface area contributed by atoms with Gasteiger partial charge in [-0.1, -0.05) is 79.2 Å². The molecule has 4 nitrogen and oxygen atoms in total. The van der Waals surface area contributed by atoms with Gasteiger partial charge in [-0.2, -0.15) is 13.2 Å². The van der Waals surface area contributed by atoms with Gasteiger partial charge < -0.3 is 9.47 Å². The first kappa shape index (κ1) is 34.9. The number of alkyl halides is 3. The summed E-state index contributed by atoms with van der Waals surface area (Å²) < 4.78 is 69.5. The summed E-state index contributed by atoms with van der Waals surface area (Å²) in [4.78, 5) is 15.0. The first-order valence-electron chi connectivity index (χ1n) is 16.2. The Morgan fingerprint density at radius 2 is 1.60 bits per heavy atom.